The molecule has 1 amide bonds. The molecule has 0 bridgehead atoms. The van der Waals surface area contributed by atoms with Crippen molar-refractivity contribution in [3.63, 3.8) is 0 Å². The van der Waals surface area contributed by atoms with Crippen LogP contribution in [0.2, 0.25) is 5.28 Å². The largest absolute Gasteiger partial charge is 0.343 e. The fraction of sp³-hybridized carbons (Fsp3) is 0.409. The van der Waals surface area contributed by atoms with Crippen LogP contribution in [0, 0.1) is 0 Å². The molecule has 1 saturated carbocycles. The Kier molecular flexibility index (Phi) is 4.02. The average Bonchev–Trinajstić information content (AvgIpc) is 3.26. The molecule has 1 fully saturated rings. The van der Waals surface area contributed by atoms with E-state index < -0.39 is 0 Å². The van der Waals surface area contributed by atoms with E-state index in [1.807, 2.05) is 10.6 Å². The zero-order chi connectivity index (χ0) is 20.5. The summed E-state index contributed by atoms with van der Waals surface area (Å²) < 4.78 is 1.92. The molecule has 2 heterocycles. The second kappa shape index (κ2) is 6.28. The Labute approximate surface area is 175 Å². The number of hydrogen-bond acceptors (Lipinski definition) is 4. The monoisotopic (exact) mass is 409 g/mol. The summed E-state index contributed by atoms with van der Waals surface area (Å²) in [5.74, 6) is -0.0769. The first-order valence-electron chi connectivity index (χ1n) is 9.88. The van der Waals surface area contributed by atoms with Crippen LogP contribution in [0.3, 0.4) is 0 Å². The quantitative estimate of drug-likeness (QED) is 0.617. The number of aromatic nitrogens is 3. The first kappa shape index (κ1) is 18.6. The maximum atomic E-state index is 12.9. The Morgan fingerprint density at radius 3 is 2.62 bits per heavy atom. The summed E-state index contributed by atoms with van der Waals surface area (Å²) in [6.45, 7) is 0. The van der Waals surface area contributed by atoms with Gasteiger partial charge in [0.1, 0.15) is 11.3 Å². The molecule has 3 aromatic rings. The molecule has 1 atom stereocenters. The van der Waals surface area contributed by atoms with Crippen molar-refractivity contribution in [2.45, 2.75) is 30.7 Å². The normalized spacial score (nSPS) is 19.2. The minimum absolute atomic E-state index is 0.0769. The Morgan fingerprint density at radius 2 is 1.97 bits per heavy atom. The van der Waals surface area contributed by atoms with E-state index in [0.717, 1.165) is 11.1 Å². The summed E-state index contributed by atoms with van der Waals surface area (Å²) in [6, 6.07) is 8.87. The summed E-state index contributed by atoms with van der Waals surface area (Å²) in [6.07, 6.45) is 5.31. The first-order chi connectivity index (χ1) is 13.8. The minimum atomic E-state index is -0.0769. The molecule has 1 aromatic carbocycles. The van der Waals surface area contributed by atoms with Gasteiger partial charge in [-0.15, -0.1) is 0 Å². The molecule has 0 saturated heterocycles. The molecule has 2 aromatic heterocycles. The van der Waals surface area contributed by atoms with E-state index in [4.69, 9.17) is 11.6 Å². The molecule has 7 heteroatoms. The van der Waals surface area contributed by atoms with Crippen LogP contribution in [0.4, 0.5) is 0 Å². The Bertz CT molecular complexity index is 1150. The van der Waals surface area contributed by atoms with Crippen LogP contribution < -0.4 is 0 Å². The summed E-state index contributed by atoms with van der Waals surface area (Å²) in [5, 5.41) is 0.973. The molecule has 29 heavy (non-hydrogen) atoms. The van der Waals surface area contributed by atoms with Gasteiger partial charge in [-0.1, -0.05) is 6.07 Å². The van der Waals surface area contributed by atoms with E-state index in [1.165, 1.54) is 30.4 Å². The van der Waals surface area contributed by atoms with Crippen molar-refractivity contribution in [2.24, 2.45) is 0 Å². The van der Waals surface area contributed by atoms with Crippen molar-refractivity contribution in [1.82, 2.24) is 24.3 Å². The average molecular weight is 410 g/mol. The van der Waals surface area contributed by atoms with Gasteiger partial charge in [0.25, 0.3) is 5.91 Å². The number of nitrogens with zero attached hydrogens (tertiary/aromatic N) is 5. The number of fused-ring (bicyclic) bond motifs is 3. The van der Waals surface area contributed by atoms with Crippen molar-refractivity contribution < 1.29 is 4.79 Å². The highest BCUT2D eigenvalue weighted by atomic mass is 35.5. The van der Waals surface area contributed by atoms with E-state index in [-0.39, 0.29) is 11.2 Å². The predicted octanol–water partition coefficient (Wildman–Crippen LogP) is 3.81. The van der Waals surface area contributed by atoms with Crippen molar-refractivity contribution in [1.29, 1.82) is 0 Å². The van der Waals surface area contributed by atoms with Gasteiger partial charge in [-0.25, -0.2) is 4.98 Å². The van der Waals surface area contributed by atoms with Gasteiger partial charge in [-0.2, -0.15) is 4.98 Å². The molecular weight excluding hydrogens is 386 g/mol. The third-order valence-electron chi connectivity index (χ3n) is 6.42. The molecule has 1 unspecified atom stereocenters. The topological polar surface area (TPSA) is 54.3 Å². The molecule has 0 aliphatic heterocycles. The summed E-state index contributed by atoms with van der Waals surface area (Å²) in [7, 11) is 7.81. The number of carbonyl (C=O) groups excluding carboxylic acids is 1. The van der Waals surface area contributed by atoms with Gasteiger partial charge in [-0.05, 0) is 79.7 Å². The van der Waals surface area contributed by atoms with Crippen LogP contribution >= 0.6 is 11.6 Å². The van der Waals surface area contributed by atoms with Crippen molar-refractivity contribution >= 4 is 28.5 Å². The van der Waals surface area contributed by atoms with Crippen LogP contribution in [-0.4, -0.2) is 58.4 Å². The van der Waals surface area contributed by atoms with Gasteiger partial charge in [0, 0.05) is 37.4 Å². The Balaban J connectivity index is 1.74. The molecule has 150 valence electrons. The smallest absolute Gasteiger partial charge is 0.270 e. The van der Waals surface area contributed by atoms with Crippen molar-refractivity contribution in [3.05, 3.63) is 52.6 Å². The zero-order valence-corrected chi connectivity index (χ0v) is 17.9. The molecule has 0 radical (unpaired) electrons. The van der Waals surface area contributed by atoms with Gasteiger partial charge in [0.15, 0.2) is 0 Å². The summed E-state index contributed by atoms with van der Waals surface area (Å²) >= 11 is 6.10. The Morgan fingerprint density at radius 1 is 1.21 bits per heavy atom. The zero-order valence-electron chi connectivity index (χ0n) is 17.1. The van der Waals surface area contributed by atoms with Crippen LogP contribution in [0.15, 0.2) is 30.5 Å². The lowest BCUT2D eigenvalue weighted by atomic mass is 9.98. The number of halogens is 1. The third kappa shape index (κ3) is 2.77. The fourth-order valence-electron chi connectivity index (χ4n) is 4.72. The lowest BCUT2D eigenvalue weighted by Crippen LogP contribution is -2.24. The van der Waals surface area contributed by atoms with Gasteiger partial charge in [0.05, 0.1) is 0 Å². The van der Waals surface area contributed by atoms with Gasteiger partial charge >= 0.3 is 0 Å². The van der Waals surface area contributed by atoms with E-state index in [9.17, 15) is 4.79 Å². The second-order valence-corrected chi connectivity index (χ2v) is 9.06. The van der Waals surface area contributed by atoms with Crippen LogP contribution in [0.5, 0.6) is 0 Å². The summed E-state index contributed by atoms with van der Waals surface area (Å²) in [5.41, 5.74) is 5.28. The number of amides is 1. The van der Waals surface area contributed by atoms with Crippen LogP contribution in [0.1, 0.15) is 46.9 Å². The number of carbonyl (C=O) groups is 1. The molecule has 2 aliphatic rings. The van der Waals surface area contributed by atoms with E-state index in [1.54, 1.807) is 25.2 Å². The highest BCUT2D eigenvalue weighted by Crippen LogP contribution is 2.61. The highest BCUT2D eigenvalue weighted by molar-refractivity contribution is 6.28. The predicted molar refractivity (Wildman–Crippen MR) is 114 cm³/mol. The number of rotatable bonds is 3. The van der Waals surface area contributed by atoms with Gasteiger partial charge in [0.2, 0.25) is 5.28 Å². The molecule has 6 nitrogen and oxygen atoms in total. The maximum absolute atomic E-state index is 12.9. The maximum Gasteiger partial charge on any atom is 0.270 e. The van der Waals surface area contributed by atoms with Crippen molar-refractivity contribution in [3.8, 4) is 5.69 Å². The van der Waals surface area contributed by atoms with Crippen LogP contribution in [-0.2, 0) is 5.41 Å². The third-order valence-corrected chi connectivity index (χ3v) is 6.61. The van der Waals surface area contributed by atoms with E-state index in [2.05, 4.69) is 47.2 Å². The molecule has 1 spiro atoms. The minimum Gasteiger partial charge on any atom is -0.343 e. The number of benzene rings is 1. The second-order valence-electron chi connectivity index (χ2n) is 8.72. The Hall–Kier alpha value is -2.44. The highest BCUT2D eigenvalue weighted by Gasteiger charge is 2.52. The van der Waals surface area contributed by atoms with Crippen molar-refractivity contribution in [2.75, 3.05) is 28.2 Å². The van der Waals surface area contributed by atoms with E-state index >= 15 is 0 Å². The van der Waals surface area contributed by atoms with E-state index in [0.29, 0.717) is 22.8 Å². The van der Waals surface area contributed by atoms with Crippen LogP contribution in [0.25, 0.3) is 16.7 Å². The first-order valence-corrected chi connectivity index (χ1v) is 10.3. The van der Waals surface area contributed by atoms with Gasteiger partial charge < -0.3 is 9.80 Å². The SMILES string of the molecule is CN(C)C(=O)c1cc2cnc(Cl)nc2n1-c1ccc2c(c1)C1(CC1)CC2N(C)C. The lowest BCUT2D eigenvalue weighted by molar-refractivity contribution is 0.0820. The fourth-order valence-corrected chi connectivity index (χ4v) is 4.85. The van der Waals surface area contributed by atoms with Gasteiger partial charge in [-0.3, -0.25) is 9.36 Å². The number of hydrogen-bond donors (Lipinski definition) is 0. The molecular formula is C22H24ClN5O. The summed E-state index contributed by atoms with van der Waals surface area (Å²) in [4.78, 5) is 25.3. The molecule has 5 rings (SSSR count). The standard InChI is InChI=1S/C22H24ClN5O/c1-26(2)18-11-22(7-8-22)16-10-14(5-6-15(16)18)28-17(20(29)27(3)4)9-13-12-24-21(23)25-19(13)28/h5-6,9-10,12,18H,7-8,11H2,1-4H3. The molecule has 2 aliphatic carbocycles. The lowest BCUT2D eigenvalue weighted by Gasteiger charge is -2.20. The molecule has 0 N–H and O–H groups in total.